The normalized spacial score (nSPS) is 13.5. The zero-order valence-electron chi connectivity index (χ0n) is 17.6. The first kappa shape index (κ1) is 18.7. The average Bonchev–Trinajstić information content (AvgIpc) is 3.18. The Morgan fingerprint density at radius 2 is 2.10 bits per heavy atom. The van der Waals surface area contributed by atoms with E-state index in [2.05, 4.69) is 44.3 Å². The number of aryl methyl sites for hydroxylation is 1. The van der Waals surface area contributed by atoms with Gasteiger partial charge in [0.1, 0.15) is 17.8 Å². The molecule has 7 nitrogen and oxygen atoms in total. The van der Waals surface area contributed by atoms with Crippen molar-refractivity contribution >= 4 is 33.7 Å². The van der Waals surface area contributed by atoms with Crippen molar-refractivity contribution in [2.45, 2.75) is 46.2 Å². The number of hydrogen-bond acceptors (Lipinski definition) is 4. The number of nitrogen functional groups attached to an aromatic ring is 1. The minimum Gasteiger partial charge on any atom is -0.383 e. The van der Waals surface area contributed by atoms with Gasteiger partial charge in [-0.05, 0) is 51.8 Å². The number of anilines is 1. The summed E-state index contributed by atoms with van der Waals surface area (Å²) in [5.41, 5.74) is 12.5. The van der Waals surface area contributed by atoms with Gasteiger partial charge in [-0.3, -0.25) is 4.79 Å². The van der Waals surface area contributed by atoms with Crippen LogP contribution in [0.25, 0.3) is 33.2 Å². The van der Waals surface area contributed by atoms with Crippen molar-refractivity contribution in [3.8, 4) is 11.3 Å². The number of amides is 1. The van der Waals surface area contributed by atoms with Crippen molar-refractivity contribution in [2.75, 3.05) is 12.3 Å². The molecule has 1 amide bonds. The van der Waals surface area contributed by atoms with Gasteiger partial charge in [0.05, 0.1) is 11.1 Å². The molecule has 1 aliphatic rings. The van der Waals surface area contributed by atoms with Gasteiger partial charge in [-0.25, -0.2) is 9.97 Å². The molecule has 0 fully saturated rings. The lowest BCUT2D eigenvalue weighted by atomic mass is 10.1. The molecule has 3 N–H and O–H groups in total. The maximum absolute atomic E-state index is 12.4. The number of rotatable bonds is 3. The van der Waals surface area contributed by atoms with E-state index in [1.54, 1.807) is 6.33 Å². The zero-order chi connectivity index (χ0) is 21.0. The number of carbonyl (C=O) groups is 1. The van der Waals surface area contributed by atoms with Gasteiger partial charge in [0.25, 0.3) is 5.91 Å². The molecular formula is C23H26N6O. The Morgan fingerprint density at radius 1 is 1.27 bits per heavy atom. The summed E-state index contributed by atoms with van der Waals surface area (Å²) < 4.78 is 4.62. The Hall–Kier alpha value is -3.35. The van der Waals surface area contributed by atoms with Crippen molar-refractivity contribution in [3.05, 3.63) is 41.9 Å². The van der Waals surface area contributed by atoms with Gasteiger partial charge in [0.2, 0.25) is 0 Å². The molecule has 1 aromatic carbocycles. The minimum absolute atomic E-state index is 0.0432. The van der Waals surface area contributed by atoms with E-state index < -0.39 is 0 Å². The van der Waals surface area contributed by atoms with Crippen LogP contribution in [0.5, 0.6) is 0 Å². The fourth-order valence-electron chi connectivity index (χ4n) is 4.79. The highest BCUT2D eigenvalue weighted by molar-refractivity contribution is 6.05. The summed E-state index contributed by atoms with van der Waals surface area (Å²) in [7, 11) is 0. The first-order valence-electron chi connectivity index (χ1n) is 10.6. The molecule has 5 rings (SSSR count). The predicted octanol–water partition coefficient (Wildman–Crippen LogP) is 3.91. The number of fused-ring (bicyclic) bond motifs is 7. The number of carbonyl (C=O) groups excluding carboxylic acids is 1. The monoisotopic (exact) mass is 402 g/mol. The highest BCUT2D eigenvalue weighted by atomic mass is 16.1. The van der Waals surface area contributed by atoms with Crippen LogP contribution in [0.2, 0.25) is 0 Å². The lowest BCUT2D eigenvalue weighted by molar-refractivity contribution is 0.0956. The third-order valence-electron chi connectivity index (χ3n) is 5.99. The molecule has 0 radical (unpaired) electrons. The summed E-state index contributed by atoms with van der Waals surface area (Å²) >= 11 is 0. The standard InChI is InChI=1S/C23H26N6O/c1-4-25-23(30)15-8-7-14-10-18-19-16(6-5-9-28(18)17(14)11-15)29(13(2)3)22-20(19)21(24)26-12-27-22/h7-8,10-13H,4-6,9H2,1-3H3,(H,25,30)(H2,24,26,27). The Kier molecular flexibility index (Phi) is 4.27. The summed E-state index contributed by atoms with van der Waals surface area (Å²) in [5, 5.41) is 4.93. The van der Waals surface area contributed by atoms with E-state index in [-0.39, 0.29) is 11.9 Å². The van der Waals surface area contributed by atoms with Crippen LogP contribution in [-0.2, 0) is 13.0 Å². The topological polar surface area (TPSA) is 90.8 Å². The molecule has 0 saturated heterocycles. The van der Waals surface area contributed by atoms with Gasteiger partial charge in [-0.1, -0.05) is 6.07 Å². The van der Waals surface area contributed by atoms with Crippen LogP contribution in [0, 0.1) is 0 Å². The quantitative estimate of drug-likeness (QED) is 0.543. The summed E-state index contributed by atoms with van der Waals surface area (Å²) in [6.07, 6.45) is 3.50. The number of nitrogens with zero attached hydrogens (tertiary/aromatic N) is 4. The van der Waals surface area contributed by atoms with Crippen molar-refractivity contribution in [2.24, 2.45) is 0 Å². The second-order valence-corrected chi connectivity index (χ2v) is 8.16. The fourth-order valence-corrected chi connectivity index (χ4v) is 4.79. The van der Waals surface area contributed by atoms with Crippen molar-refractivity contribution in [3.63, 3.8) is 0 Å². The maximum atomic E-state index is 12.4. The van der Waals surface area contributed by atoms with Gasteiger partial charge in [-0.2, -0.15) is 0 Å². The second-order valence-electron chi connectivity index (χ2n) is 8.16. The first-order chi connectivity index (χ1) is 14.5. The second kappa shape index (κ2) is 6.86. The fraction of sp³-hybridized carbons (Fsp3) is 0.348. The molecule has 0 saturated carbocycles. The van der Waals surface area contributed by atoms with Gasteiger partial charge < -0.3 is 20.2 Å². The molecule has 0 aliphatic carbocycles. The highest BCUT2D eigenvalue weighted by Gasteiger charge is 2.28. The first-order valence-corrected chi connectivity index (χ1v) is 10.6. The molecule has 1 aliphatic heterocycles. The molecule has 0 spiro atoms. The largest absolute Gasteiger partial charge is 0.383 e. The Morgan fingerprint density at radius 3 is 2.87 bits per heavy atom. The number of nitrogens with one attached hydrogen (secondary N) is 1. The zero-order valence-corrected chi connectivity index (χ0v) is 17.6. The lowest BCUT2D eigenvalue weighted by Crippen LogP contribution is -2.22. The van der Waals surface area contributed by atoms with E-state index in [1.807, 2.05) is 25.1 Å². The van der Waals surface area contributed by atoms with E-state index in [9.17, 15) is 4.79 Å². The summed E-state index contributed by atoms with van der Waals surface area (Å²) in [6.45, 7) is 7.78. The Labute approximate surface area is 174 Å². The van der Waals surface area contributed by atoms with Crippen molar-refractivity contribution < 1.29 is 4.79 Å². The molecule has 30 heavy (non-hydrogen) atoms. The van der Waals surface area contributed by atoms with Crippen LogP contribution in [-0.4, -0.2) is 31.6 Å². The third-order valence-corrected chi connectivity index (χ3v) is 5.99. The van der Waals surface area contributed by atoms with Crippen LogP contribution in [0.3, 0.4) is 0 Å². The van der Waals surface area contributed by atoms with Gasteiger partial charge >= 0.3 is 0 Å². The SMILES string of the molecule is CCNC(=O)c1ccc2cc3n(c2c1)CCCc1c-3c2c(N)ncnc2n1C(C)C. The molecule has 4 heterocycles. The van der Waals surface area contributed by atoms with E-state index in [0.29, 0.717) is 17.9 Å². The highest BCUT2D eigenvalue weighted by Crippen LogP contribution is 2.42. The molecular weight excluding hydrogens is 376 g/mol. The average molecular weight is 403 g/mol. The van der Waals surface area contributed by atoms with Crippen molar-refractivity contribution in [1.82, 2.24) is 24.4 Å². The predicted molar refractivity (Wildman–Crippen MR) is 120 cm³/mol. The van der Waals surface area contributed by atoms with Crippen LogP contribution in [0.15, 0.2) is 30.6 Å². The van der Waals surface area contributed by atoms with Crippen LogP contribution in [0.4, 0.5) is 5.82 Å². The van der Waals surface area contributed by atoms with E-state index in [0.717, 1.165) is 52.6 Å². The van der Waals surface area contributed by atoms with Crippen molar-refractivity contribution in [1.29, 1.82) is 0 Å². The van der Waals surface area contributed by atoms with E-state index >= 15 is 0 Å². The number of nitrogens with two attached hydrogens (primary N) is 1. The van der Waals surface area contributed by atoms with Crippen LogP contribution >= 0.6 is 0 Å². The Balaban J connectivity index is 1.82. The third kappa shape index (κ3) is 2.61. The van der Waals surface area contributed by atoms with Gasteiger partial charge in [0.15, 0.2) is 0 Å². The van der Waals surface area contributed by atoms with Crippen LogP contribution in [0.1, 0.15) is 49.3 Å². The molecule has 0 unspecified atom stereocenters. The molecule has 3 aromatic heterocycles. The summed E-state index contributed by atoms with van der Waals surface area (Å²) in [6, 6.07) is 8.39. The van der Waals surface area contributed by atoms with E-state index in [1.165, 1.54) is 5.69 Å². The minimum atomic E-state index is -0.0432. The maximum Gasteiger partial charge on any atom is 0.251 e. The van der Waals surface area contributed by atoms with Crippen LogP contribution < -0.4 is 11.1 Å². The molecule has 154 valence electrons. The molecule has 7 heteroatoms. The number of aromatic nitrogens is 4. The van der Waals surface area contributed by atoms with Gasteiger partial charge in [0, 0.05) is 46.9 Å². The molecule has 0 bridgehead atoms. The van der Waals surface area contributed by atoms with Gasteiger partial charge in [-0.15, -0.1) is 0 Å². The smallest absolute Gasteiger partial charge is 0.251 e. The number of hydrogen-bond donors (Lipinski definition) is 2. The Bertz CT molecular complexity index is 1300. The number of benzene rings is 1. The summed E-state index contributed by atoms with van der Waals surface area (Å²) in [5.74, 6) is 0.468. The summed E-state index contributed by atoms with van der Waals surface area (Å²) in [4.78, 5) is 21.3. The molecule has 4 aromatic rings. The molecule has 0 atom stereocenters. The van der Waals surface area contributed by atoms with E-state index in [4.69, 9.17) is 5.73 Å². The lowest BCUT2D eigenvalue weighted by Gasteiger charge is -2.13.